The minimum atomic E-state index is 0.581. The lowest BCUT2D eigenvalue weighted by Gasteiger charge is -2.39. The quantitative estimate of drug-likeness (QED) is 0.873. The van der Waals surface area contributed by atoms with Crippen LogP contribution in [0.3, 0.4) is 0 Å². The van der Waals surface area contributed by atoms with Gasteiger partial charge in [0.1, 0.15) is 0 Å². The SMILES string of the molecule is CCCC(CN)N1CCN(Cc2cc(C)ccc2C)CC1. The summed E-state index contributed by atoms with van der Waals surface area (Å²) in [6, 6.07) is 7.36. The van der Waals surface area contributed by atoms with E-state index in [4.69, 9.17) is 5.73 Å². The third kappa shape index (κ3) is 4.53. The van der Waals surface area contributed by atoms with Gasteiger partial charge in [0, 0.05) is 45.3 Å². The normalized spacial score (nSPS) is 18.9. The summed E-state index contributed by atoms with van der Waals surface area (Å²) in [5, 5.41) is 0. The summed E-state index contributed by atoms with van der Waals surface area (Å²) in [7, 11) is 0. The van der Waals surface area contributed by atoms with E-state index in [2.05, 4.69) is 48.8 Å². The van der Waals surface area contributed by atoms with Crippen LogP contribution in [0, 0.1) is 13.8 Å². The van der Waals surface area contributed by atoms with E-state index < -0.39 is 0 Å². The van der Waals surface area contributed by atoms with Gasteiger partial charge in [-0.05, 0) is 31.4 Å². The molecule has 0 bridgehead atoms. The van der Waals surface area contributed by atoms with Crippen LogP contribution in [-0.2, 0) is 6.54 Å². The van der Waals surface area contributed by atoms with E-state index in [-0.39, 0.29) is 0 Å². The second-order valence-electron chi connectivity index (χ2n) is 6.42. The molecule has 21 heavy (non-hydrogen) atoms. The zero-order valence-corrected chi connectivity index (χ0v) is 13.9. The first-order valence-corrected chi connectivity index (χ1v) is 8.36. The maximum atomic E-state index is 5.93. The predicted molar refractivity (Wildman–Crippen MR) is 90.5 cm³/mol. The third-order valence-corrected chi connectivity index (χ3v) is 4.72. The first kappa shape index (κ1) is 16.5. The molecule has 0 aliphatic carbocycles. The van der Waals surface area contributed by atoms with Crippen molar-refractivity contribution in [1.82, 2.24) is 9.80 Å². The molecule has 1 fully saturated rings. The summed E-state index contributed by atoms with van der Waals surface area (Å²) in [5.41, 5.74) is 10.2. The van der Waals surface area contributed by atoms with Crippen LogP contribution in [-0.4, -0.2) is 48.6 Å². The number of hydrogen-bond donors (Lipinski definition) is 1. The predicted octanol–water partition coefficient (Wildman–Crippen LogP) is 2.55. The highest BCUT2D eigenvalue weighted by Crippen LogP contribution is 2.16. The van der Waals surface area contributed by atoms with Crippen LogP contribution in [0.1, 0.15) is 36.5 Å². The molecule has 0 saturated carbocycles. The van der Waals surface area contributed by atoms with Crippen LogP contribution in [0.4, 0.5) is 0 Å². The van der Waals surface area contributed by atoms with Crippen molar-refractivity contribution in [3.8, 4) is 0 Å². The van der Waals surface area contributed by atoms with Gasteiger partial charge in [-0.1, -0.05) is 37.1 Å². The largest absolute Gasteiger partial charge is 0.329 e. The Morgan fingerprint density at radius 1 is 1.14 bits per heavy atom. The second-order valence-corrected chi connectivity index (χ2v) is 6.42. The van der Waals surface area contributed by atoms with Crippen molar-refractivity contribution >= 4 is 0 Å². The zero-order chi connectivity index (χ0) is 15.2. The van der Waals surface area contributed by atoms with E-state index >= 15 is 0 Å². The number of hydrogen-bond acceptors (Lipinski definition) is 3. The molecule has 0 amide bonds. The Kier molecular flexibility index (Phi) is 6.22. The summed E-state index contributed by atoms with van der Waals surface area (Å²) < 4.78 is 0. The van der Waals surface area contributed by atoms with Gasteiger partial charge in [-0.15, -0.1) is 0 Å². The lowest BCUT2D eigenvalue weighted by atomic mass is 10.0. The maximum Gasteiger partial charge on any atom is 0.0237 e. The molecule has 2 N–H and O–H groups in total. The highest BCUT2D eigenvalue weighted by atomic mass is 15.3. The molecule has 1 aromatic rings. The summed E-state index contributed by atoms with van der Waals surface area (Å²) in [6.45, 7) is 13.2. The molecule has 0 spiro atoms. The van der Waals surface area contributed by atoms with Crippen molar-refractivity contribution in [2.24, 2.45) is 5.73 Å². The molecule has 2 rings (SSSR count). The Hall–Kier alpha value is -0.900. The minimum absolute atomic E-state index is 0.581. The highest BCUT2D eigenvalue weighted by molar-refractivity contribution is 5.30. The Bertz CT molecular complexity index is 436. The summed E-state index contributed by atoms with van der Waals surface area (Å²) in [5.74, 6) is 0. The summed E-state index contributed by atoms with van der Waals surface area (Å²) >= 11 is 0. The van der Waals surface area contributed by atoms with Gasteiger partial charge in [0.2, 0.25) is 0 Å². The van der Waals surface area contributed by atoms with Crippen molar-refractivity contribution in [3.63, 3.8) is 0 Å². The average molecular weight is 289 g/mol. The lowest BCUT2D eigenvalue weighted by Crippen LogP contribution is -2.52. The molecular weight excluding hydrogens is 258 g/mol. The van der Waals surface area contributed by atoms with Crippen molar-refractivity contribution in [3.05, 3.63) is 34.9 Å². The van der Waals surface area contributed by atoms with Gasteiger partial charge in [0.05, 0.1) is 0 Å². The highest BCUT2D eigenvalue weighted by Gasteiger charge is 2.22. The molecule has 1 saturated heterocycles. The summed E-state index contributed by atoms with van der Waals surface area (Å²) in [6.07, 6.45) is 2.46. The lowest BCUT2D eigenvalue weighted by molar-refractivity contribution is 0.0904. The van der Waals surface area contributed by atoms with Gasteiger partial charge in [0.15, 0.2) is 0 Å². The van der Waals surface area contributed by atoms with E-state index in [1.807, 2.05) is 0 Å². The van der Waals surface area contributed by atoms with Crippen molar-refractivity contribution in [2.45, 2.75) is 46.2 Å². The Labute approximate surface area is 130 Å². The first-order valence-electron chi connectivity index (χ1n) is 8.36. The molecule has 1 aliphatic heterocycles. The van der Waals surface area contributed by atoms with E-state index in [0.717, 1.165) is 39.3 Å². The number of rotatable bonds is 6. The zero-order valence-electron chi connectivity index (χ0n) is 13.9. The summed E-state index contributed by atoms with van der Waals surface area (Å²) in [4.78, 5) is 5.17. The molecule has 1 atom stereocenters. The number of nitrogens with two attached hydrogens (primary N) is 1. The molecule has 0 radical (unpaired) electrons. The molecule has 3 nitrogen and oxygen atoms in total. The second kappa shape index (κ2) is 7.92. The number of piperazine rings is 1. The van der Waals surface area contributed by atoms with Gasteiger partial charge in [-0.3, -0.25) is 9.80 Å². The van der Waals surface area contributed by atoms with Gasteiger partial charge in [0.25, 0.3) is 0 Å². The average Bonchev–Trinajstić information content (AvgIpc) is 2.49. The fourth-order valence-electron chi connectivity index (χ4n) is 3.28. The van der Waals surface area contributed by atoms with Crippen LogP contribution in [0.15, 0.2) is 18.2 Å². The van der Waals surface area contributed by atoms with Crippen LogP contribution in [0.5, 0.6) is 0 Å². The van der Waals surface area contributed by atoms with Crippen molar-refractivity contribution in [2.75, 3.05) is 32.7 Å². The maximum absolute atomic E-state index is 5.93. The van der Waals surface area contributed by atoms with Gasteiger partial charge >= 0.3 is 0 Å². The minimum Gasteiger partial charge on any atom is -0.329 e. The topological polar surface area (TPSA) is 32.5 Å². The first-order chi connectivity index (χ1) is 10.1. The van der Waals surface area contributed by atoms with Crippen molar-refractivity contribution in [1.29, 1.82) is 0 Å². The molecule has 0 aromatic heterocycles. The fourth-order valence-corrected chi connectivity index (χ4v) is 3.28. The molecule has 1 heterocycles. The standard InChI is InChI=1S/C18H31N3/c1-4-5-18(13-19)21-10-8-20(9-11-21)14-17-12-15(2)6-7-16(17)3/h6-7,12,18H,4-5,8-11,13-14,19H2,1-3H3. The fraction of sp³-hybridized carbons (Fsp3) is 0.667. The smallest absolute Gasteiger partial charge is 0.0237 e. The van der Waals surface area contributed by atoms with Crippen molar-refractivity contribution < 1.29 is 0 Å². The molecule has 1 unspecified atom stereocenters. The third-order valence-electron chi connectivity index (χ3n) is 4.72. The number of nitrogens with zero attached hydrogens (tertiary/aromatic N) is 2. The number of aryl methyl sites for hydroxylation is 2. The van der Waals surface area contributed by atoms with Crippen LogP contribution in [0.25, 0.3) is 0 Å². The van der Waals surface area contributed by atoms with Gasteiger partial charge in [-0.2, -0.15) is 0 Å². The molecule has 3 heteroatoms. The molecule has 1 aromatic carbocycles. The molecule has 118 valence electrons. The van der Waals surface area contributed by atoms with E-state index in [1.165, 1.54) is 29.5 Å². The Morgan fingerprint density at radius 3 is 2.48 bits per heavy atom. The van der Waals surface area contributed by atoms with E-state index in [1.54, 1.807) is 0 Å². The Morgan fingerprint density at radius 2 is 1.86 bits per heavy atom. The van der Waals surface area contributed by atoms with Gasteiger partial charge in [-0.25, -0.2) is 0 Å². The van der Waals surface area contributed by atoms with Crippen LogP contribution in [0.2, 0.25) is 0 Å². The number of benzene rings is 1. The van der Waals surface area contributed by atoms with E-state index in [9.17, 15) is 0 Å². The Balaban J connectivity index is 1.88. The molecular formula is C18H31N3. The van der Waals surface area contributed by atoms with Crippen LogP contribution < -0.4 is 5.73 Å². The molecule has 1 aliphatic rings. The van der Waals surface area contributed by atoms with Crippen LogP contribution >= 0.6 is 0 Å². The monoisotopic (exact) mass is 289 g/mol. The van der Waals surface area contributed by atoms with E-state index in [0.29, 0.717) is 6.04 Å². The van der Waals surface area contributed by atoms with Gasteiger partial charge < -0.3 is 5.73 Å².